The van der Waals surface area contributed by atoms with Crippen molar-refractivity contribution < 1.29 is 28.4 Å². The second-order valence-electron chi connectivity index (χ2n) is 30.9. The summed E-state index contributed by atoms with van der Waals surface area (Å²) in [5.41, 5.74) is 26.8. The fourth-order valence-electron chi connectivity index (χ4n) is 20.6. The molecule has 6 aliphatic heterocycles. The van der Waals surface area contributed by atoms with Gasteiger partial charge < -0.3 is 37.6 Å². The number of para-hydroxylation sites is 12. The average molecular weight is 1470 g/mol. The summed E-state index contributed by atoms with van der Waals surface area (Å²) in [7, 11) is 0. The van der Waals surface area contributed by atoms with Gasteiger partial charge in [-0.1, -0.05) is 176 Å². The number of hydrogen-bond acceptors (Lipinski definition) is 8. The molecule has 0 unspecified atom stereocenters. The van der Waals surface area contributed by atoms with Crippen LogP contribution >= 0.6 is 0 Å². The number of aromatic nitrogens is 8. The lowest BCUT2D eigenvalue weighted by atomic mass is 9.34. The highest BCUT2D eigenvalue weighted by Gasteiger charge is 2.47. The smallest absolute Gasteiger partial charge is 0.260 e. The molecule has 28 rings (SSSR count). The molecule has 0 atom stereocenters. The maximum absolute atomic E-state index is 7.56. The van der Waals surface area contributed by atoms with E-state index in [4.69, 9.17) is 38.4 Å². The summed E-state index contributed by atoms with van der Waals surface area (Å²) in [5, 5.41) is 4.40. The van der Waals surface area contributed by atoms with Crippen LogP contribution in [0.3, 0.4) is 0 Å². The molecule has 0 saturated heterocycles. The summed E-state index contributed by atoms with van der Waals surface area (Å²) in [6.45, 7) is -0.669. The van der Waals surface area contributed by atoms with Gasteiger partial charge in [0, 0.05) is 49.2 Å². The lowest BCUT2D eigenvalue weighted by Crippen LogP contribution is -2.58. The number of benzene rings is 16. The first-order valence-electron chi connectivity index (χ1n) is 39.0. The van der Waals surface area contributed by atoms with Crippen molar-refractivity contribution >= 4 is 169 Å². The Hall–Kier alpha value is -15.3. The van der Waals surface area contributed by atoms with Gasteiger partial charge in [0.2, 0.25) is 11.6 Å². The predicted octanol–water partition coefficient (Wildman–Crippen LogP) is 17.2. The van der Waals surface area contributed by atoms with Gasteiger partial charge in [-0.25, -0.2) is 9.97 Å². The van der Waals surface area contributed by atoms with Gasteiger partial charge in [-0.15, -0.1) is 0 Å². The summed E-state index contributed by atoms with van der Waals surface area (Å²) in [6.07, 6.45) is 0. The van der Waals surface area contributed by atoms with E-state index in [2.05, 4.69) is 343 Å². The minimum absolute atomic E-state index is 0.104. The van der Waals surface area contributed by atoms with Gasteiger partial charge in [0.25, 0.3) is 20.1 Å². The van der Waals surface area contributed by atoms with Crippen LogP contribution in [0.2, 0.25) is 0 Å². The zero-order chi connectivity index (χ0) is 74.3. The molecule has 6 aromatic heterocycles. The molecule has 0 fully saturated rings. The predicted molar refractivity (Wildman–Crippen MR) is 460 cm³/mol. The Morgan fingerprint density at radius 3 is 1.21 bits per heavy atom. The fraction of sp³-hybridized carbons (Fsp3) is 0. The maximum Gasteiger partial charge on any atom is 0.260 e. The van der Waals surface area contributed by atoms with Crippen molar-refractivity contribution in [3.63, 3.8) is 0 Å². The summed E-state index contributed by atoms with van der Waals surface area (Å²) in [4.78, 5) is 11.6. The van der Waals surface area contributed by atoms with E-state index in [0.717, 1.165) is 246 Å². The highest BCUT2D eigenvalue weighted by molar-refractivity contribution is 7.00. The largest absolute Gasteiger partial charge is 0.458 e. The second-order valence-corrected chi connectivity index (χ2v) is 30.9. The molecule has 14 nitrogen and oxygen atoms in total. The Labute approximate surface area is 654 Å². The number of rotatable bonds is 5. The van der Waals surface area contributed by atoms with Crippen molar-refractivity contribution in [2.75, 3.05) is 0 Å². The molecular formula is C98H53B3N8O6. The fourth-order valence-corrected chi connectivity index (χ4v) is 20.6. The zero-order valence-electron chi connectivity index (χ0n) is 60.9. The second kappa shape index (κ2) is 21.8. The Kier molecular flexibility index (Phi) is 11.5. The Morgan fingerprint density at radius 1 is 0.235 bits per heavy atom. The molecule has 6 aliphatic rings. The van der Waals surface area contributed by atoms with Gasteiger partial charge in [-0.2, -0.15) is 0 Å². The first-order valence-corrected chi connectivity index (χ1v) is 39.0. The average Bonchev–Trinajstić information content (AvgIpc) is 1.56. The van der Waals surface area contributed by atoms with Crippen molar-refractivity contribution in [3.8, 4) is 103 Å². The third-order valence-electron chi connectivity index (χ3n) is 25.2. The molecule has 115 heavy (non-hydrogen) atoms. The topological polar surface area (TPSA) is 110 Å². The number of hydrogen-bond donors (Lipinski definition) is 0. The number of imidazole rings is 4. The molecule has 0 saturated carbocycles. The molecule has 0 spiro atoms. The molecule has 22 aromatic rings. The van der Waals surface area contributed by atoms with E-state index in [0.29, 0.717) is 5.75 Å². The number of ether oxygens (including phenoxy) is 6. The van der Waals surface area contributed by atoms with E-state index >= 15 is 0 Å². The van der Waals surface area contributed by atoms with Crippen molar-refractivity contribution in [2.24, 2.45) is 0 Å². The van der Waals surface area contributed by atoms with Crippen LogP contribution in [0, 0.1) is 0 Å². The minimum Gasteiger partial charge on any atom is -0.458 e. The van der Waals surface area contributed by atoms with Gasteiger partial charge in [0.1, 0.15) is 80.0 Å². The normalized spacial score (nSPS) is 13.6. The van der Waals surface area contributed by atoms with Crippen molar-refractivity contribution in [3.05, 3.63) is 322 Å². The lowest BCUT2D eigenvalue weighted by Gasteiger charge is -2.35. The third-order valence-corrected chi connectivity index (χ3v) is 25.2. The molecule has 0 bridgehead atoms. The standard InChI is InChI=1S/C98H53B3N8O6/c1-2-21-55(22-3-1)104-69-32-12-13-33-70(69)107-73-45-42-59-57-23-4-11-31-68(57)106(91(59)89(73)102-97(104)107)77-48-52-84-88-96(77)114-82-49-41-54(53-66(82)101(88)62-26-7-17-38-79(62)111-84)56-44-50-85-86-93(56)112-80-39-18-9-28-64(80)100(86)65-29-20-36-75(94(65)115-85)109-72-35-15-14-34-71(72)108-74-46-43-60-58-24-5-10-30-67(58)105(92(60)90(74)103-98(108)109)76-47-51-83-87-95(76)113-81-40-19-8-27-63(81)99(87)61-25-6-16-37-78(61)110-83/h1-53H. The van der Waals surface area contributed by atoms with E-state index in [-0.39, 0.29) is 20.1 Å². The quantitative estimate of drug-likeness (QED) is 0.157. The van der Waals surface area contributed by atoms with Crippen LogP contribution in [0.25, 0.3) is 133 Å². The molecular weight excluding hydrogens is 1420 g/mol. The van der Waals surface area contributed by atoms with Gasteiger partial charge in [0.15, 0.2) is 0 Å². The van der Waals surface area contributed by atoms with E-state index < -0.39 is 0 Å². The van der Waals surface area contributed by atoms with Gasteiger partial charge in [0.05, 0.1) is 72.2 Å². The summed E-state index contributed by atoms with van der Waals surface area (Å²) in [5.74, 6) is 10.8. The van der Waals surface area contributed by atoms with E-state index in [1.807, 2.05) is 6.07 Å². The van der Waals surface area contributed by atoms with E-state index in [1.165, 1.54) is 0 Å². The molecule has 16 aromatic carbocycles. The first kappa shape index (κ1) is 60.5. The molecule has 0 N–H and O–H groups in total. The van der Waals surface area contributed by atoms with Gasteiger partial charge >= 0.3 is 0 Å². The van der Waals surface area contributed by atoms with Crippen LogP contribution in [0.5, 0.6) is 69.0 Å². The van der Waals surface area contributed by atoms with E-state index in [1.54, 1.807) is 0 Å². The van der Waals surface area contributed by atoms with Crippen LogP contribution in [0.15, 0.2) is 322 Å². The third kappa shape index (κ3) is 7.76. The lowest BCUT2D eigenvalue weighted by molar-refractivity contribution is 0.462. The molecule has 0 radical (unpaired) electrons. The van der Waals surface area contributed by atoms with Crippen molar-refractivity contribution in [1.29, 1.82) is 0 Å². The molecule has 0 aliphatic carbocycles. The van der Waals surface area contributed by atoms with Crippen LogP contribution < -0.4 is 77.6 Å². The van der Waals surface area contributed by atoms with Crippen molar-refractivity contribution in [1.82, 2.24) is 37.0 Å². The summed E-state index contributed by atoms with van der Waals surface area (Å²) >= 11 is 0. The first-order chi connectivity index (χ1) is 57.1. The number of fused-ring (bicyclic) bond motifs is 30. The number of nitrogens with zero attached hydrogens (tertiary/aromatic N) is 8. The minimum atomic E-state index is -0.284. The monoisotopic (exact) mass is 1470 g/mol. The van der Waals surface area contributed by atoms with Gasteiger partial charge in [-0.05, 0) is 184 Å². The highest BCUT2D eigenvalue weighted by Crippen LogP contribution is 2.50. The van der Waals surface area contributed by atoms with Gasteiger partial charge in [-0.3, -0.25) is 17.9 Å². The molecule has 12 heterocycles. The molecule has 530 valence electrons. The van der Waals surface area contributed by atoms with Crippen molar-refractivity contribution in [2.45, 2.75) is 0 Å². The molecule has 17 heteroatoms. The van der Waals surface area contributed by atoms with E-state index in [9.17, 15) is 0 Å². The molecule has 0 amide bonds. The summed E-state index contributed by atoms with van der Waals surface area (Å²) < 4.78 is 57.3. The van der Waals surface area contributed by atoms with Crippen LogP contribution in [0.1, 0.15) is 0 Å². The Morgan fingerprint density at radius 2 is 0.635 bits per heavy atom. The zero-order valence-corrected chi connectivity index (χ0v) is 60.9. The van der Waals surface area contributed by atoms with Crippen LogP contribution in [-0.2, 0) is 0 Å². The Bertz CT molecular complexity index is 8240. The SMILES string of the molecule is c1ccc(-n2c3ccccc3n3c4ccc5c6ccccc6n(-c6ccc7c8c6Oc6ccc(-c9ccc%10c%11c9Oc9ccccc9B%11c9cccc(-n%11c%12ccccc%12n%12c%13ccc%14c%15ccccc%15n(-c%15ccc%16c%17c%15Oc%15ccccc%15B%17c%15ccccc%15O%16)c%14c%13nc%11%12)c9O%10)cc6B8c6ccccc6O7)c5c4nc23)cc1. The van der Waals surface area contributed by atoms with Crippen LogP contribution in [0.4, 0.5) is 0 Å². The highest BCUT2D eigenvalue weighted by atomic mass is 16.5. The maximum atomic E-state index is 7.56. The summed E-state index contributed by atoms with van der Waals surface area (Å²) in [6, 6.07) is 114. The Balaban J connectivity index is 0.600. The van der Waals surface area contributed by atoms with Crippen LogP contribution in [-0.4, -0.2) is 57.2 Å².